The van der Waals surface area contributed by atoms with E-state index in [1.165, 1.54) is 16.5 Å². The van der Waals surface area contributed by atoms with Gasteiger partial charge in [-0.05, 0) is 48.0 Å². The second-order valence-corrected chi connectivity index (χ2v) is 9.26. The van der Waals surface area contributed by atoms with E-state index in [0.717, 1.165) is 71.9 Å². The number of para-hydroxylation sites is 1. The van der Waals surface area contributed by atoms with Crippen molar-refractivity contribution in [1.29, 1.82) is 0 Å². The van der Waals surface area contributed by atoms with Gasteiger partial charge in [-0.15, -0.1) is 0 Å². The number of halogens is 2. The minimum atomic E-state index is 0. The average molecular weight is 508 g/mol. The maximum atomic E-state index is 6.31. The number of benzene rings is 3. The van der Waals surface area contributed by atoms with Gasteiger partial charge in [-0.2, -0.15) is 0 Å². The third-order valence-corrected chi connectivity index (χ3v) is 6.98. The molecule has 8 heteroatoms. The first-order valence-electron chi connectivity index (χ1n) is 11.6. The van der Waals surface area contributed by atoms with Crippen molar-refractivity contribution in [2.75, 3.05) is 43.9 Å². The van der Waals surface area contributed by atoms with Gasteiger partial charge in [0.2, 0.25) is 0 Å². The summed E-state index contributed by atoms with van der Waals surface area (Å²) in [5.41, 5.74) is 6.75. The summed E-state index contributed by atoms with van der Waals surface area (Å²) < 4.78 is 7.88. The number of piperazine rings is 1. The van der Waals surface area contributed by atoms with Crippen molar-refractivity contribution in [3.05, 3.63) is 83.0 Å². The second kappa shape index (κ2) is 9.82. The third kappa shape index (κ3) is 4.57. The first-order valence-corrected chi connectivity index (χ1v) is 12.0. The van der Waals surface area contributed by atoms with Crippen LogP contribution in [0.5, 0.6) is 5.75 Å². The van der Waals surface area contributed by atoms with Crippen LogP contribution in [-0.4, -0.2) is 53.6 Å². The Kier molecular flexibility index (Phi) is 6.60. The molecule has 3 N–H and O–H groups in total. The van der Waals surface area contributed by atoms with Gasteiger partial charge in [0.1, 0.15) is 11.4 Å². The number of hydrogen-bond acceptors (Lipinski definition) is 3. The third-order valence-electron chi connectivity index (χ3n) is 6.74. The normalized spacial score (nSPS) is 15.4. The summed E-state index contributed by atoms with van der Waals surface area (Å²) in [5.74, 6) is 2.02. The molecule has 0 atom stereocenters. The van der Waals surface area contributed by atoms with E-state index in [9.17, 15) is 0 Å². The molecule has 0 aliphatic carbocycles. The highest BCUT2D eigenvalue weighted by Crippen LogP contribution is 2.34. The lowest BCUT2D eigenvalue weighted by atomic mass is 10.1. The fourth-order valence-corrected chi connectivity index (χ4v) is 5.07. The van der Waals surface area contributed by atoms with Gasteiger partial charge in [-0.3, -0.25) is 9.48 Å². The molecule has 0 radical (unpaired) electrons. The van der Waals surface area contributed by atoms with Crippen molar-refractivity contribution in [1.82, 2.24) is 9.88 Å². The Bertz CT molecular complexity index is 1400. The highest BCUT2D eigenvalue weighted by Gasteiger charge is 2.28. The summed E-state index contributed by atoms with van der Waals surface area (Å²) in [6.45, 7) is 4.77. The van der Waals surface area contributed by atoms with Gasteiger partial charge in [0.25, 0.3) is 5.84 Å². The van der Waals surface area contributed by atoms with E-state index in [2.05, 4.69) is 67.7 Å². The molecule has 35 heavy (non-hydrogen) atoms. The summed E-state index contributed by atoms with van der Waals surface area (Å²) in [6.07, 6.45) is 2.13. The summed E-state index contributed by atoms with van der Waals surface area (Å²) in [4.78, 5) is 5.92. The molecule has 0 amide bonds. The van der Waals surface area contributed by atoms with E-state index in [1.807, 2.05) is 24.3 Å². The van der Waals surface area contributed by atoms with E-state index in [-0.39, 0.29) is 12.4 Å². The number of hydrogen-bond donors (Lipinski definition) is 3. The van der Waals surface area contributed by atoms with Crippen molar-refractivity contribution >= 4 is 45.4 Å². The minimum Gasteiger partial charge on any atom is -1.00 e. The van der Waals surface area contributed by atoms with Crippen LogP contribution in [0.3, 0.4) is 0 Å². The predicted octanol–water partition coefficient (Wildman–Crippen LogP) is 2.28. The van der Waals surface area contributed by atoms with Crippen LogP contribution in [0.25, 0.3) is 10.9 Å². The molecule has 6 rings (SSSR count). The number of fused-ring (bicyclic) bond motifs is 3. The molecule has 180 valence electrons. The Morgan fingerprint density at radius 1 is 0.943 bits per heavy atom. The van der Waals surface area contributed by atoms with Gasteiger partial charge >= 0.3 is 0 Å². The molecule has 0 spiro atoms. The first-order chi connectivity index (χ1) is 16.7. The van der Waals surface area contributed by atoms with Crippen molar-refractivity contribution in [2.24, 2.45) is 0 Å². The fraction of sp³-hybridized carbons (Fsp3) is 0.222. The SMILES string of the molecule is COc1ccc2[nH]cc(CN3CC[N+](=C4Nc5cc(Cl)ccc5Nc5ccccc54)CC3)c2c1.[Cl-]. The monoisotopic (exact) mass is 507 g/mol. The molecule has 1 aromatic heterocycles. The van der Waals surface area contributed by atoms with E-state index >= 15 is 0 Å². The number of amidine groups is 1. The van der Waals surface area contributed by atoms with Gasteiger partial charge in [-0.1, -0.05) is 23.7 Å². The summed E-state index contributed by atoms with van der Waals surface area (Å²) in [5, 5.41) is 9.21. The molecular weight excluding hydrogens is 481 g/mol. The molecule has 0 unspecified atom stereocenters. The highest BCUT2D eigenvalue weighted by atomic mass is 35.5. The number of H-pyrrole nitrogens is 1. The van der Waals surface area contributed by atoms with Crippen molar-refractivity contribution in [2.45, 2.75) is 6.54 Å². The molecule has 0 bridgehead atoms. The van der Waals surface area contributed by atoms with Crippen LogP contribution in [-0.2, 0) is 6.54 Å². The fourth-order valence-electron chi connectivity index (χ4n) is 4.90. The first kappa shape index (κ1) is 23.5. The number of nitrogens with one attached hydrogen (secondary N) is 3. The van der Waals surface area contributed by atoms with Crippen molar-refractivity contribution < 1.29 is 21.7 Å². The Morgan fingerprint density at radius 3 is 2.60 bits per heavy atom. The molecule has 0 saturated carbocycles. The maximum Gasteiger partial charge on any atom is 0.284 e. The minimum absolute atomic E-state index is 0. The largest absolute Gasteiger partial charge is 1.00 e. The van der Waals surface area contributed by atoms with E-state index in [0.29, 0.717) is 0 Å². The van der Waals surface area contributed by atoms with E-state index in [1.54, 1.807) is 7.11 Å². The van der Waals surface area contributed by atoms with Gasteiger partial charge in [0, 0.05) is 47.8 Å². The van der Waals surface area contributed by atoms with Crippen LogP contribution in [0, 0.1) is 0 Å². The molecule has 1 fully saturated rings. The van der Waals surface area contributed by atoms with Crippen LogP contribution in [0.2, 0.25) is 5.02 Å². The predicted molar refractivity (Wildman–Crippen MR) is 139 cm³/mol. The number of methoxy groups -OCH3 is 1. The number of aromatic amines is 1. The van der Waals surface area contributed by atoms with Crippen LogP contribution >= 0.6 is 11.6 Å². The molecule has 4 aromatic rings. The van der Waals surface area contributed by atoms with Crippen LogP contribution < -0.4 is 27.8 Å². The molecular formula is C27H27Cl2N5O. The lowest BCUT2D eigenvalue weighted by Gasteiger charge is -2.28. The van der Waals surface area contributed by atoms with Crippen LogP contribution in [0.1, 0.15) is 11.1 Å². The summed E-state index contributed by atoms with van der Waals surface area (Å²) in [7, 11) is 1.71. The average Bonchev–Trinajstić information content (AvgIpc) is 3.18. The number of anilines is 3. The van der Waals surface area contributed by atoms with Crippen LogP contribution in [0.4, 0.5) is 17.1 Å². The van der Waals surface area contributed by atoms with E-state index in [4.69, 9.17) is 16.3 Å². The molecule has 6 nitrogen and oxygen atoms in total. The zero-order valence-corrected chi connectivity index (χ0v) is 21.0. The van der Waals surface area contributed by atoms with E-state index < -0.39 is 0 Å². The number of aromatic nitrogens is 1. The standard InChI is InChI=1S/C27H26ClN5O.ClH/c1-34-20-7-9-23-22(15-20)18(16-29-23)17-32-10-12-33(13-11-32)27-21-4-2-3-5-24(21)30-25-8-6-19(28)14-26(25)31-27;/h2-9,14-16,29H,10-13,17H2,1H3,(H,30,31);1H. The highest BCUT2D eigenvalue weighted by molar-refractivity contribution is 6.31. The lowest BCUT2D eigenvalue weighted by molar-refractivity contribution is -0.539. The molecule has 3 heterocycles. The Balaban J connectivity index is 0.00000253. The number of rotatable bonds is 3. The Labute approximate surface area is 216 Å². The molecule has 3 aromatic carbocycles. The summed E-state index contributed by atoms with van der Waals surface area (Å²) >= 11 is 6.31. The van der Waals surface area contributed by atoms with Crippen LogP contribution in [0.15, 0.2) is 66.9 Å². The quantitative estimate of drug-likeness (QED) is 0.372. The van der Waals surface area contributed by atoms with Gasteiger partial charge in [0.15, 0.2) is 0 Å². The number of ether oxygens (including phenoxy) is 1. The molecule has 2 aliphatic heterocycles. The topological polar surface area (TPSA) is 55.3 Å². The van der Waals surface area contributed by atoms with Gasteiger partial charge < -0.3 is 27.4 Å². The molecule has 2 aliphatic rings. The summed E-state index contributed by atoms with van der Waals surface area (Å²) in [6, 6.07) is 20.6. The second-order valence-electron chi connectivity index (χ2n) is 8.82. The van der Waals surface area contributed by atoms with Crippen molar-refractivity contribution in [3.8, 4) is 5.75 Å². The lowest BCUT2D eigenvalue weighted by Crippen LogP contribution is -3.00. The Morgan fingerprint density at radius 2 is 1.77 bits per heavy atom. The zero-order chi connectivity index (χ0) is 23.1. The maximum absolute atomic E-state index is 6.31. The zero-order valence-electron chi connectivity index (χ0n) is 19.4. The van der Waals surface area contributed by atoms with Gasteiger partial charge in [0.05, 0.1) is 37.1 Å². The number of nitrogens with zero attached hydrogens (tertiary/aromatic N) is 2. The van der Waals surface area contributed by atoms with Gasteiger partial charge in [-0.25, -0.2) is 5.32 Å². The van der Waals surface area contributed by atoms with Crippen molar-refractivity contribution in [3.63, 3.8) is 0 Å². The molecule has 1 saturated heterocycles. The Hall–Kier alpha value is -3.19. The smallest absolute Gasteiger partial charge is 0.284 e.